The predicted octanol–water partition coefficient (Wildman–Crippen LogP) is 1.71. The van der Waals surface area contributed by atoms with Crippen molar-refractivity contribution in [3.8, 4) is 0 Å². The van der Waals surface area contributed by atoms with Crippen molar-refractivity contribution < 1.29 is 9.53 Å². The van der Waals surface area contributed by atoms with Crippen LogP contribution < -0.4 is 4.90 Å². The number of ether oxygens (including phenoxy) is 1. The molecule has 1 aromatic carbocycles. The van der Waals surface area contributed by atoms with Gasteiger partial charge in [0.15, 0.2) is 0 Å². The summed E-state index contributed by atoms with van der Waals surface area (Å²) in [7, 11) is 0. The quantitative estimate of drug-likeness (QED) is 0.695. The van der Waals surface area contributed by atoms with Crippen molar-refractivity contribution >= 4 is 11.6 Å². The van der Waals surface area contributed by atoms with Gasteiger partial charge in [0.25, 0.3) is 0 Å². The van der Waals surface area contributed by atoms with Crippen molar-refractivity contribution in [3.05, 3.63) is 29.8 Å². The van der Waals surface area contributed by atoms with Crippen LogP contribution in [0.15, 0.2) is 24.3 Å². The van der Waals surface area contributed by atoms with E-state index in [-0.39, 0.29) is 12.1 Å². The average molecular weight is 203 g/mol. The van der Waals surface area contributed by atoms with Crippen LogP contribution in [0.25, 0.3) is 0 Å². The number of carbonyl (C=O) groups excluding carboxylic acids is 1. The fraction of sp³-hybridized carbons (Fsp3) is 0.417. The van der Waals surface area contributed by atoms with Crippen molar-refractivity contribution in [2.75, 3.05) is 11.5 Å². The molecule has 1 fully saturated rings. The molecule has 1 aromatic rings. The van der Waals surface area contributed by atoms with Gasteiger partial charge in [-0.25, -0.2) is 0 Å². The molecule has 0 radical (unpaired) electrons. The highest BCUT2D eigenvalue weighted by Crippen LogP contribution is 2.33. The van der Waals surface area contributed by atoms with Crippen LogP contribution in [-0.2, 0) is 16.0 Å². The van der Waals surface area contributed by atoms with Gasteiger partial charge in [-0.1, -0.05) is 18.2 Å². The zero-order chi connectivity index (χ0) is 10.3. The van der Waals surface area contributed by atoms with Gasteiger partial charge in [0.1, 0.15) is 6.23 Å². The zero-order valence-corrected chi connectivity index (χ0v) is 8.48. The predicted molar refractivity (Wildman–Crippen MR) is 56.6 cm³/mol. The molecule has 0 bridgehead atoms. The third-order valence-electron chi connectivity index (χ3n) is 3.06. The van der Waals surface area contributed by atoms with Gasteiger partial charge < -0.3 is 4.74 Å². The van der Waals surface area contributed by atoms with Crippen molar-refractivity contribution in [1.82, 2.24) is 0 Å². The van der Waals surface area contributed by atoms with Gasteiger partial charge >= 0.3 is 0 Å². The van der Waals surface area contributed by atoms with E-state index in [9.17, 15) is 4.79 Å². The third-order valence-corrected chi connectivity index (χ3v) is 3.06. The van der Waals surface area contributed by atoms with Crippen LogP contribution in [0.5, 0.6) is 0 Å². The molecule has 2 aliphatic rings. The number of hydrogen-bond donors (Lipinski definition) is 0. The molecule has 3 nitrogen and oxygen atoms in total. The normalized spacial score (nSPS) is 24.7. The summed E-state index contributed by atoms with van der Waals surface area (Å²) >= 11 is 0. The molecule has 1 unspecified atom stereocenters. The Morgan fingerprint density at radius 2 is 2.20 bits per heavy atom. The zero-order valence-electron chi connectivity index (χ0n) is 8.48. The SMILES string of the molecule is O=C1Cc2ccccc2N1C1CCCO1. The number of nitrogens with zero attached hydrogens (tertiary/aromatic N) is 1. The summed E-state index contributed by atoms with van der Waals surface area (Å²) in [6.45, 7) is 0.774. The van der Waals surface area contributed by atoms with Crippen LogP contribution in [0, 0.1) is 0 Å². The summed E-state index contributed by atoms with van der Waals surface area (Å²) in [5.41, 5.74) is 2.16. The number of benzene rings is 1. The smallest absolute Gasteiger partial charge is 0.233 e. The van der Waals surface area contributed by atoms with E-state index in [1.54, 1.807) is 0 Å². The second-order valence-electron chi connectivity index (χ2n) is 4.04. The third kappa shape index (κ3) is 1.35. The summed E-state index contributed by atoms with van der Waals surface area (Å²) in [4.78, 5) is 13.7. The molecule has 0 saturated carbocycles. The molecular weight excluding hydrogens is 190 g/mol. The summed E-state index contributed by atoms with van der Waals surface area (Å²) in [6.07, 6.45) is 2.51. The standard InChI is InChI=1S/C12H13NO2/c14-11-8-9-4-1-2-5-10(9)13(11)12-6-3-7-15-12/h1-2,4-5,12H,3,6-8H2. The lowest BCUT2D eigenvalue weighted by Crippen LogP contribution is -2.37. The Kier molecular flexibility index (Phi) is 1.99. The van der Waals surface area contributed by atoms with E-state index in [2.05, 4.69) is 0 Å². The molecule has 15 heavy (non-hydrogen) atoms. The average Bonchev–Trinajstić information content (AvgIpc) is 2.82. The maximum Gasteiger partial charge on any atom is 0.233 e. The molecular formula is C12H13NO2. The van der Waals surface area contributed by atoms with Gasteiger partial charge in [0.05, 0.1) is 12.1 Å². The minimum Gasteiger partial charge on any atom is -0.358 e. The van der Waals surface area contributed by atoms with Crippen LogP contribution in [0.4, 0.5) is 5.69 Å². The van der Waals surface area contributed by atoms with Crippen LogP contribution in [0.3, 0.4) is 0 Å². The summed E-state index contributed by atoms with van der Waals surface area (Å²) in [6, 6.07) is 7.97. The lowest BCUT2D eigenvalue weighted by Gasteiger charge is -2.23. The maximum absolute atomic E-state index is 11.9. The fourth-order valence-corrected chi connectivity index (χ4v) is 2.36. The molecule has 1 amide bonds. The molecule has 1 saturated heterocycles. The largest absolute Gasteiger partial charge is 0.358 e. The highest BCUT2D eigenvalue weighted by Gasteiger charge is 2.34. The van der Waals surface area contributed by atoms with Crippen LogP contribution in [-0.4, -0.2) is 18.7 Å². The molecule has 0 spiro atoms. The molecule has 2 aliphatic heterocycles. The second-order valence-corrected chi connectivity index (χ2v) is 4.04. The Morgan fingerprint density at radius 3 is 3.00 bits per heavy atom. The van der Waals surface area contributed by atoms with Crippen LogP contribution in [0.1, 0.15) is 18.4 Å². The topological polar surface area (TPSA) is 29.5 Å². The number of anilines is 1. The molecule has 3 heteroatoms. The van der Waals surface area contributed by atoms with E-state index < -0.39 is 0 Å². The van der Waals surface area contributed by atoms with Crippen LogP contribution >= 0.6 is 0 Å². The van der Waals surface area contributed by atoms with Gasteiger partial charge in [-0.3, -0.25) is 9.69 Å². The molecule has 3 rings (SSSR count). The first kappa shape index (κ1) is 8.92. The summed E-state index contributed by atoms with van der Waals surface area (Å²) in [5, 5.41) is 0. The van der Waals surface area contributed by atoms with E-state index in [4.69, 9.17) is 4.74 Å². The van der Waals surface area contributed by atoms with Crippen LogP contribution in [0.2, 0.25) is 0 Å². The first-order chi connectivity index (χ1) is 7.36. The second kappa shape index (κ2) is 3.35. The van der Waals surface area contributed by atoms with Gasteiger partial charge in [0, 0.05) is 6.61 Å². The molecule has 0 N–H and O–H groups in total. The van der Waals surface area contributed by atoms with Gasteiger partial charge in [-0.2, -0.15) is 0 Å². The lowest BCUT2D eigenvalue weighted by molar-refractivity contribution is -0.119. The number of amides is 1. The van der Waals surface area contributed by atoms with E-state index in [1.807, 2.05) is 29.2 Å². The van der Waals surface area contributed by atoms with Gasteiger partial charge in [-0.05, 0) is 24.5 Å². The summed E-state index contributed by atoms with van der Waals surface area (Å²) < 4.78 is 5.57. The number of carbonyl (C=O) groups is 1. The highest BCUT2D eigenvalue weighted by molar-refractivity contribution is 6.01. The molecule has 2 heterocycles. The minimum absolute atomic E-state index is 0.0267. The molecule has 0 aliphatic carbocycles. The number of fused-ring (bicyclic) bond motifs is 1. The lowest BCUT2D eigenvalue weighted by atomic mass is 10.2. The van der Waals surface area contributed by atoms with E-state index in [0.29, 0.717) is 6.42 Å². The monoisotopic (exact) mass is 203 g/mol. The highest BCUT2D eigenvalue weighted by atomic mass is 16.5. The Morgan fingerprint density at radius 1 is 1.33 bits per heavy atom. The number of rotatable bonds is 1. The Hall–Kier alpha value is -1.35. The number of para-hydroxylation sites is 1. The molecule has 1 atom stereocenters. The first-order valence-electron chi connectivity index (χ1n) is 5.38. The van der Waals surface area contributed by atoms with Crippen molar-refractivity contribution in [2.24, 2.45) is 0 Å². The fourth-order valence-electron chi connectivity index (χ4n) is 2.36. The Balaban J connectivity index is 1.98. The van der Waals surface area contributed by atoms with Crippen molar-refractivity contribution in [3.63, 3.8) is 0 Å². The molecule has 0 aromatic heterocycles. The van der Waals surface area contributed by atoms with Gasteiger partial charge in [-0.15, -0.1) is 0 Å². The van der Waals surface area contributed by atoms with Gasteiger partial charge in [0.2, 0.25) is 5.91 Å². The van der Waals surface area contributed by atoms with E-state index >= 15 is 0 Å². The maximum atomic E-state index is 11.9. The van der Waals surface area contributed by atoms with E-state index in [0.717, 1.165) is 30.7 Å². The Bertz CT molecular complexity index is 396. The molecule has 78 valence electrons. The van der Waals surface area contributed by atoms with E-state index in [1.165, 1.54) is 0 Å². The number of hydrogen-bond acceptors (Lipinski definition) is 2. The minimum atomic E-state index is -0.0267. The summed E-state index contributed by atoms with van der Waals surface area (Å²) in [5.74, 6) is 0.170. The Labute approximate surface area is 88.6 Å². The first-order valence-corrected chi connectivity index (χ1v) is 5.38. The van der Waals surface area contributed by atoms with Crippen molar-refractivity contribution in [1.29, 1.82) is 0 Å². The van der Waals surface area contributed by atoms with Crippen molar-refractivity contribution in [2.45, 2.75) is 25.5 Å².